The molecule has 14 heavy (non-hydrogen) atoms. The van der Waals surface area contributed by atoms with Crippen LogP contribution in [0.15, 0.2) is 42.0 Å². The molecule has 0 aromatic heterocycles. The second kappa shape index (κ2) is 5.45. The number of hydrazone groups is 1. The van der Waals surface area contributed by atoms with Gasteiger partial charge in [0.15, 0.2) is 0 Å². The van der Waals surface area contributed by atoms with E-state index in [9.17, 15) is 0 Å². The summed E-state index contributed by atoms with van der Waals surface area (Å²) in [6, 6.07) is 7.58. The van der Waals surface area contributed by atoms with Gasteiger partial charge in [-0.1, -0.05) is 29.8 Å². The SMILES string of the molecule is C=CCN/N=C(\C)c1ccc(Cl)cc1. The molecule has 2 nitrogen and oxygen atoms in total. The molecule has 0 aliphatic heterocycles. The van der Waals surface area contributed by atoms with Gasteiger partial charge in [0.05, 0.1) is 12.3 Å². The van der Waals surface area contributed by atoms with Gasteiger partial charge in [-0.25, -0.2) is 0 Å². The minimum absolute atomic E-state index is 0.672. The molecule has 0 spiro atoms. The lowest BCUT2D eigenvalue weighted by molar-refractivity contribution is 0.826. The average Bonchev–Trinajstić information content (AvgIpc) is 2.19. The van der Waals surface area contributed by atoms with Crippen molar-refractivity contribution in [2.75, 3.05) is 6.54 Å². The fourth-order valence-corrected chi connectivity index (χ4v) is 1.11. The minimum atomic E-state index is 0.672. The topological polar surface area (TPSA) is 24.4 Å². The Morgan fingerprint density at radius 3 is 2.71 bits per heavy atom. The highest BCUT2D eigenvalue weighted by Gasteiger charge is 1.95. The predicted molar refractivity (Wildman–Crippen MR) is 61.9 cm³/mol. The molecule has 1 N–H and O–H groups in total. The summed E-state index contributed by atoms with van der Waals surface area (Å²) in [5, 5.41) is 4.90. The van der Waals surface area contributed by atoms with Crippen molar-refractivity contribution >= 4 is 17.3 Å². The Morgan fingerprint density at radius 2 is 2.14 bits per heavy atom. The first-order valence-corrected chi connectivity index (χ1v) is 4.76. The van der Waals surface area contributed by atoms with Crippen molar-refractivity contribution < 1.29 is 0 Å². The van der Waals surface area contributed by atoms with Crippen LogP contribution in [0, 0.1) is 0 Å². The molecule has 0 heterocycles. The van der Waals surface area contributed by atoms with Crippen molar-refractivity contribution in [2.24, 2.45) is 5.10 Å². The lowest BCUT2D eigenvalue weighted by atomic mass is 10.1. The van der Waals surface area contributed by atoms with E-state index in [1.165, 1.54) is 0 Å². The second-order valence-corrected chi connectivity index (χ2v) is 3.29. The van der Waals surface area contributed by atoms with E-state index in [4.69, 9.17) is 11.6 Å². The number of hydrogen-bond donors (Lipinski definition) is 1. The number of hydrogen-bond acceptors (Lipinski definition) is 2. The lowest BCUT2D eigenvalue weighted by Gasteiger charge is -2.01. The normalized spacial score (nSPS) is 11.1. The standard InChI is InChI=1S/C11H13ClN2/c1-3-8-13-14-9(2)10-4-6-11(12)7-5-10/h3-7,13H,1,8H2,2H3/b14-9+. The molecule has 0 radical (unpaired) electrons. The third-order valence-electron chi connectivity index (χ3n) is 1.74. The number of nitrogens with one attached hydrogen (secondary N) is 1. The van der Waals surface area contributed by atoms with Gasteiger partial charge in [0.25, 0.3) is 0 Å². The second-order valence-electron chi connectivity index (χ2n) is 2.86. The van der Waals surface area contributed by atoms with Crippen molar-refractivity contribution in [2.45, 2.75) is 6.92 Å². The summed E-state index contributed by atoms with van der Waals surface area (Å²) >= 11 is 5.77. The maximum atomic E-state index is 5.77. The molecular weight excluding hydrogens is 196 g/mol. The van der Waals surface area contributed by atoms with Crippen LogP contribution in [0.25, 0.3) is 0 Å². The van der Waals surface area contributed by atoms with E-state index < -0.39 is 0 Å². The first-order valence-electron chi connectivity index (χ1n) is 4.38. The van der Waals surface area contributed by atoms with Gasteiger partial charge in [-0.3, -0.25) is 0 Å². The Bertz CT molecular complexity index is 328. The first kappa shape index (κ1) is 10.8. The number of benzene rings is 1. The van der Waals surface area contributed by atoms with Crippen LogP contribution in [-0.4, -0.2) is 12.3 Å². The summed E-state index contributed by atoms with van der Waals surface area (Å²) in [6.45, 7) is 6.21. The third-order valence-corrected chi connectivity index (χ3v) is 2.00. The summed E-state index contributed by atoms with van der Waals surface area (Å²) in [5.41, 5.74) is 4.88. The number of halogens is 1. The summed E-state index contributed by atoms with van der Waals surface area (Å²) in [7, 11) is 0. The van der Waals surface area contributed by atoms with E-state index in [2.05, 4.69) is 17.1 Å². The van der Waals surface area contributed by atoms with Crippen molar-refractivity contribution in [1.82, 2.24) is 5.43 Å². The first-order chi connectivity index (χ1) is 6.74. The van der Waals surface area contributed by atoms with E-state index in [0.717, 1.165) is 16.3 Å². The van der Waals surface area contributed by atoms with Crippen molar-refractivity contribution in [3.63, 3.8) is 0 Å². The summed E-state index contributed by atoms with van der Waals surface area (Å²) < 4.78 is 0. The zero-order valence-corrected chi connectivity index (χ0v) is 8.88. The molecule has 1 aromatic rings. The Morgan fingerprint density at radius 1 is 1.50 bits per heavy atom. The Hall–Kier alpha value is -1.28. The molecular formula is C11H13ClN2. The van der Waals surface area contributed by atoms with Crippen LogP contribution in [0.2, 0.25) is 5.02 Å². The maximum absolute atomic E-state index is 5.77. The van der Waals surface area contributed by atoms with Gasteiger partial charge in [-0.05, 0) is 24.6 Å². The lowest BCUT2D eigenvalue weighted by Crippen LogP contribution is -2.08. The zero-order valence-electron chi connectivity index (χ0n) is 8.13. The Labute approximate surface area is 89.3 Å². The van der Waals surface area contributed by atoms with E-state index in [-0.39, 0.29) is 0 Å². The van der Waals surface area contributed by atoms with Gasteiger partial charge in [0.1, 0.15) is 0 Å². The molecule has 74 valence electrons. The van der Waals surface area contributed by atoms with Crippen molar-refractivity contribution in [3.05, 3.63) is 47.5 Å². The van der Waals surface area contributed by atoms with Gasteiger partial charge in [0, 0.05) is 5.02 Å². The molecule has 1 aromatic carbocycles. The van der Waals surface area contributed by atoms with Gasteiger partial charge >= 0.3 is 0 Å². The number of rotatable bonds is 4. The fraction of sp³-hybridized carbons (Fsp3) is 0.182. The fourth-order valence-electron chi connectivity index (χ4n) is 0.984. The van der Waals surface area contributed by atoms with Crippen molar-refractivity contribution in [1.29, 1.82) is 0 Å². The average molecular weight is 209 g/mol. The van der Waals surface area contributed by atoms with Gasteiger partial charge in [0.2, 0.25) is 0 Å². The predicted octanol–water partition coefficient (Wildman–Crippen LogP) is 2.84. The molecule has 0 saturated carbocycles. The van der Waals surface area contributed by atoms with Gasteiger partial charge in [-0.2, -0.15) is 5.10 Å². The van der Waals surface area contributed by atoms with Crippen LogP contribution in [0.5, 0.6) is 0 Å². The largest absolute Gasteiger partial charge is 0.306 e. The summed E-state index contributed by atoms with van der Waals surface area (Å²) in [4.78, 5) is 0. The molecule has 0 atom stereocenters. The van der Waals surface area contributed by atoms with Gasteiger partial charge in [-0.15, -0.1) is 6.58 Å². The van der Waals surface area contributed by atoms with Crippen LogP contribution < -0.4 is 5.43 Å². The molecule has 0 fully saturated rings. The molecule has 0 unspecified atom stereocenters. The summed E-state index contributed by atoms with van der Waals surface area (Å²) in [6.07, 6.45) is 1.76. The van der Waals surface area contributed by atoms with Crippen LogP contribution in [0.4, 0.5) is 0 Å². The highest BCUT2D eigenvalue weighted by atomic mass is 35.5. The summed E-state index contributed by atoms with van der Waals surface area (Å²) in [5.74, 6) is 0. The van der Waals surface area contributed by atoms with Crippen LogP contribution in [0.3, 0.4) is 0 Å². The Balaban J connectivity index is 2.68. The quantitative estimate of drug-likeness (QED) is 0.350. The molecule has 0 aliphatic rings. The highest BCUT2D eigenvalue weighted by molar-refractivity contribution is 6.30. The van der Waals surface area contributed by atoms with E-state index >= 15 is 0 Å². The molecule has 1 rings (SSSR count). The molecule has 0 aliphatic carbocycles. The minimum Gasteiger partial charge on any atom is -0.306 e. The number of nitrogens with zero attached hydrogens (tertiary/aromatic N) is 1. The molecule has 0 amide bonds. The molecule has 0 bridgehead atoms. The van der Waals surface area contributed by atoms with Crippen LogP contribution in [-0.2, 0) is 0 Å². The van der Waals surface area contributed by atoms with E-state index in [1.807, 2.05) is 31.2 Å². The zero-order chi connectivity index (χ0) is 10.4. The van der Waals surface area contributed by atoms with E-state index in [0.29, 0.717) is 6.54 Å². The third kappa shape index (κ3) is 3.23. The van der Waals surface area contributed by atoms with Crippen molar-refractivity contribution in [3.8, 4) is 0 Å². The maximum Gasteiger partial charge on any atom is 0.0644 e. The van der Waals surface area contributed by atoms with Crippen LogP contribution in [0.1, 0.15) is 12.5 Å². The monoisotopic (exact) mass is 208 g/mol. The van der Waals surface area contributed by atoms with E-state index in [1.54, 1.807) is 6.08 Å². The van der Waals surface area contributed by atoms with Gasteiger partial charge < -0.3 is 5.43 Å². The Kier molecular flexibility index (Phi) is 4.20. The highest BCUT2D eigenvalue weighted by Crippen LogP contribution is 2.09. The molecule has 0 saturated heterocycles. The molecule has 3 heteroatoms. The smallest absolute Gasteiger partial charge is 0.0644 e. The van der Waals surface area contributed by atoms with Crippen LogP contribution >= 0.6 is 11.6 Å².